The number of rotatable bonds is 4. The van der Waals surface area contributed by atoms with Crippen LogP contribution in [-0.4, -0.2) is 11.5 Å². The SMILES string of the molecule is C/C=C1\C(C(=O)CC)=Nc2ccc(-c3ccccc3)cc2N1c1c(C)cccc1C. The number of para-hydroxylation sites is 1. The molecule has 0 saturated heterocycles. The number of aliphatic imine (C=N–C) groups is 1. The molecule has 1 heterocycles. The van der Waals surface area contributed by atoms with Crippen LogP contribution in [0.5, 0.6) is 0 Å². The molecule has 0 aliphatic carbocycles. The summed E-state index contributed by atoms with van der Waals surface area (Å²) in [5, 5.41) is 0. The first-order valence-corrected chi connectivity index (χ1v) is 10.4. The van der Waals surface area contributed by atoms with E-state index in [1.165, 1.54) is 0 Å². The highest BCUT2D eigenvalue weighted by Crippen LogP contribution is 2.45. The Balaban J connectivity index is 2.01. The number of ketones is 1. The molecule has 0 aromatic heterocycles. The van der Waals surface area contributed by atoms with Crippen LogP contribution >= 0.6 is 0 Å². The van der Waals surface area contributed by atoms with Gasteiger partial charge in [0.1, 0.15) is 5.71 Å². The van der Waals surface area contributed by atoms with Crippen molar-refractivity contribution < 1.29 is 4.79 Å². The normalized spacial score (nSPS) is 14.5. The molecule has 0 radical (unpaired) electrons. The van der Waals surface area contributed by atoms with E-state index in [4.69, 9.17) is 4.99 Å². The van der Waals surface area contributed by atoms with Crippen molar-refractivity contribution in [2.45, 2.75) is 34.1 Å². The van der Waals surface area contributed by atoms with Gasteiger partial charge in [-0.2, -0.15) is 0 Å². The van der Waals surface area contributed by atoms with E-state index >= 15 is 0 Å². The Morgan fingerprint density at radius 1 is 0.933 bits per heavy atom. The van der Waals surface area contributed by atoms with Gasteiger partial charge in [-0.15, -0.1) is 0 Å². The zero-order chi connectivity index (χ0) is 21.3. The molecule has 0 atom stereocenters. The number of carbonyl (C=O) groups is 1. The molecule has 0 saturated carbocycles. The standard InChI is InChI=1S/C27H26N2O/c1-5-23-26(25(30)6-2)28-22-16-15-21(20-13-8-7-9-14-20)17-24(22)29(23)27-18(3)11-10-12-19(27)4/h5,7-17H,6H2,1-4H3/b23-5+. The van der Waals surface area contributed by atoms with E-state index < -0.39 is 0 Å². The highest BCUT2D eigenvalue weighted by molar-refractivity contribution is 6.48. The fourth-order valence-corrected chi connectivity index (χ4v) is 4.06. The molecular weight excluding hydrogens is 368 g/mol. The number of allylic oxidation sites excluding steroid dienone is 2. The first-order valence-electron chi connectivity index (χ1n) is 10.4. The third-order valence-electron chi connectivity index (χ3n) is 5.56. The van der Waals surface area contributed by atoms with Crippen molar-refractivity contribution in [3.8, 4) is 11.1 Å². The summed E-state index contributed by atoms with van der Waals surface area (Å²) in [6.45, 7) is 8.09. The van der Waals surface area contributed by atoms with E-state index in [1.807, 2.05) is 44.2 Å². The second kappa shape index (κ2) is 8.11. The summed E-state index contributed by atoms with van der Waals surface area (Å²) in [4.78, 5) is 19.8. The Bertz CT molecular complexity index is 1150. The van der Waals surface area contributed by atoms with Gasteiger partial charge in [0.2, 0.25) is 0 Å². The zero-order valence-electron chi connectivity index (χ0n) is 17.9. The lowest BCUT2D eigenvalue weighted by atomic mass is 9.98. The molecule has 1 aliphatic rings. The number of carbonyl (C=O) groups excluding carboxylic acids is 1. The number of aryl methyl sites for hydroxylation is 2. The summed E-state index contributed by atoms with van der Waals surface area (Å²) >= 11 is 0. The van der Waals surface area contributed by atoms with Crippen LogP contribution in [0, 0.1) is 13.8 Å². The van der Waals surface area contributed by atoms with Crippen LogP contribution in [0.2, 0.25) is 0 Å². The van der Waals surface area contributed by atoms with Crippen molar-refractivity contribution in [3.05, 3.63) is 89.6 Å². The molecule has 30 heavy (non-hydrogen) atoms. The molecule has 0 amide bonds. The highest BCUT2D eigenvalue weighted by atomic mass is 16.1. The molecule has 3 heteroatoms. The Labute approximate surface area is 178 Å². The Morgan fingerprint density at radius 3 is 2.27 bits per heavy atom. The topological polar surface area (TPSA) is 32.7 Å². The smallest absolute Gasteiger partial charge is 0.183 e. The van der Waals surface area contributed by atoms with E-state index in [1.54, 1.807) is 0 Å². The number of Topliss-reactive ketones (excluding diaryl/α,β-unsaturated/α-hetero) is 1. The van der Waals surface area contributed by atoms with Crippen LogP contribution in [0.1, 0.15) is 31.4 Å². The summed E-state index contributed by atoms with van der Waals surface area (Å²) in [6.07, 6.45) is 2.42. The number of anilines is 2. The molecule has 0 N–H and O–H groups in total. The Hall–Kier alpha value is -3.46. The van der Waals surface area contributed by atoms with Crippen LogP contribution in [-0.2, 0) is 4.79 Å². The third-order valence-corrected chi connectivity index (χ3v) is 5.56. The molecular formula is C27H26N2O. The number of hydrogen-bond acceptors (Lipinski definition) is 3. The van der Waals surface area contributed by atoms with Gasteiger partial charge in [-0.1, -0.05) is 67.6 Å². The number of fused-ring (bicyclic) bond motifs is 1. The average Bonchev–Trinajstić information content (AvgIpc) is 2.78. The lowest BCUT2D eigenvalue weighted by Crippen LogP contribution is -2.31. The maximum absolute atomic E-state index is 12.8. The largest absolute Gasteiger partial charge is 0.306 e. The lowest BCUT2D eigenvalue weighted by Gasteiger charge is -2.35. The monoisotopic (exact) mass is 394 g/mol. The van der Waals surface area contributed by atoms with E-state index in [2.05, 4.69) is 61.2 Å². The van der Waals surface area contributed by atoms with Gasteiger partial charge < -0.3 is 4.90 Å². The molecule has 4 rings (SSSR count). The van der Waals surface area contributed by atoms with Crippen molar-refractivity contribution in [3.63, 3.8) is 0 Å². The lowest BCUT2D eigenvalue weighted by molar-refractivity contribution is -0.112. The number of nitrogens with zero attached hydrogens (tertiary/aromatic N) is 2. The van der Waals surface area contributed by atoms with Gasteiger partial charge in [-0.25, -0.2) is 4.99 Å². The van der Waals surface area contributed by atoms with Crippen LogP contribution in [0.4, 0.5) is 17.1 Å². The van der Waals surface area contributed by atoms with Gasteiger partial charge in [0.15, 0.2) is 5.78 Å². The van der Waals surface area contributed by atoms with Crippen molar-refractivity contribution in [2.24, 2.45) is 4.99 Å². The summed E-state index contributed by atoms with van der Waals surface area (Å²) in [6, 6.07) is 22.9. The molecule has 0 unspecified atom stereocenters. The van der Waals surface area contributed by atoms with E-state index in [0.29, 0.717) is 12.1 Å². The van der Waals surface area contributed by atoms with Gasteiger partial charge in [-0.05, 0) is 55.2 Å². The van der Waals surface area contributed by atoms with Crippen LogP contribution < -0.4 is 4.90 Å². The quantitative estimate of drug-likeness (QED) is 0.474. The Kier molecular flexibility index (Phi) is 5.37. The zero-order valence-corrected chi connectivity index (χ0v) is 17.9. The van der Waals surface area contributed by atoms with Crippen LogP contribution in [0.3, 0.4) is 0 Å². The maximum atomic E-state index is 12.8. The third kappa shape index (κ3) is 3.37. The molecule has 0 bridgehead atoms. The fourth-order valence-electron chi connectivity index (χ4n) is 4.06. The van der Waals surface area contributed by atoms with Gasteiger partial charge >= 0.3 is 0 Å². The van der Waals surface area contributed by atoms with Gasteiger partial charge in [0, 0.05) is 6.42 Å². The Morgan fingerprint density at radius 2 is 1.63 bits per heavy atom. The van der Waals surface area contributed by atoms with E-state index in [-0.39, 0.29) is 5.78 Å². The predicted molar refractivity (Wildman–Crippen MR) is 126 cm³/mol. The predicted octanol–water partition coefficient (Wildman–Crippen LogP) is 7.08. The van der Waals surface area contributed by atoms with Crippen molar-refractivity contribution in [1.82, 2.24) is 0 Å². The molecule has 3 aromatic carbocycles. The number of hydrogen-bond donors (Lipinski definition) is 0. The van der Waals surface area contributed by atoms with E-state index in [9.17, 15) is 4.79 Å². The molecule has 150 valence electrons. The minimum absolute atomic E-state index is 0.0529. The second-order valence-corrected chi connectivity index (χ2v) is 7.56. The van der Waals surface area contributed by atoms with E-state index in [0.717, 1.165) is 45.0 Å². The van der Waals surface area contributed by atoms with Gasteiger partial charge in [-0.3, -0.25) is 4.79 Å². The number of benzene rings is 3. The summed E-state index contributed by atoms with van der Waals surface area (Å²) in [7, 11) is 0. The van der Waals surface area contributed by atoms with Gasteiger partial charge in [0.05, 0.1) is 22.8 Å². The average molecular weight is 395 g/mol. The van der Waals surface area contributed by atoms with Crippen molar-refractivity contribution >= 4 is 28.6 Å². The first-order chi connectivity index (χ1) is 14.5. The molecule has 0 fully saturated rings. The van der Waals surface area contributed by atoms with Crippen molar-refractivity contribution in [1.29, 1.82) is 0 Å². The minimum Gasteiger partial charge on any atom is -0.306 e. The molecule has 0 spiro atoms. The second-order valence-electron chi connectivity index (χ2n) is 7.56. The summed E-state index contributed by atoms with van der Waals surface area (Å²) in [5.74, 6) is 0.0529. The first kappa shape index (κ1) is 19.8. The van der Waals surface area contributed by atoms with Crippen LogP contribution in [0.25, 0.3) is 11.1 Å². The maximum Gasteiger partial charge on any atom is 0.183 e. The molecule has 3 nitrogen and oxygen atoms in total. The minimum atomic E-state index is 0.0529. The molecule has 1 aliphatic heterocycles. The molecule has 3 aromatic rings. The fraction of sp³-hybridized carbons (Fsp3) is 0.185. The highest BCUT2D eigenvalue weighted by Gasteiger charge is 2.30. The summed E-state index contributed by atoms with van der Waals surface area (Å²) < 4.78 is 0. The van der Waals surface area contributed by atoms with Crippen LogP contribution in [0.15, 0.2) is 83.5 Å². The van der Waals surface area contributed by atoms with Crippen molar-refractivity contribution in [2.75, 3.05) is 4.90 Å². The van der Waals surface area contributed by atoms with Gasteiger partial charge in [0.25, 0.3) is 0 Å². The summed E-state index contributed by atoms with van der Waals surface area (Å²) in [5.41, 5.74) is 8.90.